The Morgan fingerprint density at radius 1 is 1.09 bits per heavy atom. The number of benzene rings is 1. The summed E-state index contributed by atoms with van der Waals surface area (Å²) in [6, 6.07) is 8.41. The number of hydrogen-bond donors (Lipinski definition) is 1. The van der Waals surface area contributed by atoms with E-state index in [0.717, 1.165) is 5.56 Å². The van der Waals surface area contributed by atoms with Gasteiger partial charge in [-0.1, -0.05) is 44.2 Å². The van der Waals surface area contributed by atoms with E-state index in [1.54, 1.807) is 6.92 Å². The molecule has 0 aliphatic heterocycles. The highest BCUT2D eigenvalue weighted by molar-refractivity contribution is 5.79. The van der Waals surface area contributed by atoms with Gasteiger partial charge < -0.3 is 9.47 Å². The molecular formula is C17H25NO4. The molecule has 0 bridgehead atoms. The molecule has 1 aromatic carbocycles. The third kappa shape index (κ3) is 6.26. The van der Waals surface area contributed by atoms with Crippen LogP contribution in [0, 0.1) is 5.92 Å². The van der Waals surface area contributed by atoms with E-state index in [-0.39, 0.29) is 12.6 Å². The van der Waals surface area contributed by atoms with Crippen LogP contribution in [0.2, 0.25) is 0 Å². The number of carbonyl (C=O) groups excluding carboxylic acids is 2. The monoisotopic (exact) mass is 307 g/mol. The molecule has 22 heavy (non-hydrogen) atoms. The second kappa shape index (κ2) is 9.20. The van der Waals surface area contributed by atoms with Crippen LogP contribution in [0.15, 0.2) is 30.3 Å². The molecule has 0 unspecified atom stereocenters. The van der Waals surface area contributed by atoms with Gasteiger partial charge in [0.25, 0.3) is 0 Å². The minimum atomic E-state index is -0.557. The van der Waals surface area contributed by atoms with Gasteiger partial charge >= 0.3 is 11.9 Å². The highest BCUT2D eigenvalue weighted by Crippen LogP contribution is 2.09. The fourth-order valence-electron chi connectivity index (χ4n) is 2.08. The predicted molar refractivity (Wildman–Crippen MR) is 84.1 cm³/mol. The molecule has 0 aromatic heterocycles. The van der Waals surface area contributed by atoms with Crippen LogP contribution < -0.4 is 5.32 Å². The first-order valence-electron chi connectivity index (χ1n) is 7.48. The summed E-state index contributed by atoms with van der Waals surface area (Å²) in [4.78, 5) is 23.8. The number of esters is 2. The molecule has 0 aliphatic carbocycles. The Morgan fingerprint density at radius 2 is 1.73 bits per heavy atom. The van der Waals surface area contributed by atoms with Crippen LogP contribution in [0.5, 0.6) is 0 Å². The largest absolute Gasteiger partial charge is 0.468 e. The number of ether oxygens (including phenoxy) is 2. The van der Waals surface area contributed by atoms with Crippen molar-refractivity contribution < 1.29 is 19.1 Å². The Morgan fingerprint density at radius 3 is 2.27 bits per heavy atom. The molecule has 1 aromatic rings. The number of rotatable bonds is 8. The van der Waals surface area contributed by atoms with Crippen molar-refractivity contribution in [1.29, 1.82) is 0 Å². The quantitative estimate of drug-likeness (QED) is 0.747. The number of methoxy groups -OCH3 is 1. The van der Waals surface area contributed by atoms with E-state index in [1.807, 2.05) is 44.2 Å². The van der Waals surface area contributed by atoms with Crippen molar-refractivity contribution in [2.75, 3.05) is 7.11 Å². The van der Waals surface area contributed by atoms with Crippen LogP contribution >= 0.6 is 0 Å². The lowest BCUT2D eigenvalue weighted by Gasteiger charge is -2.22. The Hall–Kier alpha value is -1.88. The summed E-state index contributed by atoms with van der Waals surface area (Å²) in [5, 5.41) is 2.99. The standard InChI is InChI=1S/C17H25NO4/c1-12(2)10-15(18-13(3)16(19)21-4)17(20)22-11-14-8-6-5-7-9-14/h5-9,12-13,15,18H,10-11H2,1-4H3/t13-,15-/m0/s1. The molecule has 1 rings (SSSR count). The second-order valence-corrected chi connectivity index (χ2v) is 5.69. The highest BCUT2D eigenvalue weighted by atomic mass is 16.5. The lowest BCUT2D eigenvalue weighted by molar-refractivity contribution is -0.149. The Balaban J connectivity index is 2.61. The first-order valence-corrected chi connectivity index (χ1v) is 7.48. The Bertz CT molecular complexity index is 473. The average Bonchev–Trinajstić information content (AvgIpc) is 2.51. The molecule has 0 saturated carbocycles. The van der Waals surface area contributed by atoms with E-state index in [4.69, 9.17) is 4.74 Å². The maximum absolute atomic E-state index is 12.3. The maximum Gasteiger partial charge on any atom is 0.323 e. The van der Waals surface area contributed by atoms with Crippen molar-refractivity contribution in [2.24, 2.45) is 5.92 Å². The summed E-state index contributed by atoms with van der Waals surface area (Å²) in [5.74, 6) is -0.454. The number of hydrogen-bond acceptors (Lipinski definition) is 5. The minimum Gasteiger partial charge on any atom is -0.468 e. The molecule has 5 heteroatoms. The average molecular weight is 307 g/mol. The van der Waals surface area contributed by atoms with Gasteiger partial charge in [-0.3, -0.25) is 14.9 Å². The van der Waals surface area contributed by atoms with E-state index in [1.165, 1.54) is 7.11 Å². The Labute approximate surface area is 132 Å². The molecule has 122 valence electrons. The molecule has 0 saturated heterocycles. The lowest BCUT2D eigenvalue weighted by atomic mass is 10.0. The smallest absolute Gasteiger partial charge is 0.323 e. The van der Waals surface area contributed by atoms with Crippen LogP contribution in [0.25, 0.3) is 0 Å². The van der Waals surface area contributed by atoms with E-state index in [9.17, 15) is 9.59 Å². The van der Waals surface area contributed by atoms with Gasteiger partial charge in [0, 0.05) is 0 Å². The van der Waals surface area contributed by atoms with Crippen LogP contribution in [0.3, 0.4) is 0 Å². The van der Waals surface area contributed by atoms with Crippen LogP contribution in [0.1, 0.15) is 32.8 Å². The fourth-order valence-corrected chi connectivity index (χ4v) is 2.08. The summed E-state index contributed by atoms with van der Waals surface area (Å²) < 4.78 is 10.0. The van der Waals surface area contributed by atoms with Gasteiger partial charge in [-0.25, -0.2) is 0 Å². The maximum atomic E-state index is 12.3. The first kappa shape index (κ1) is 18.2. The summed E-state index contributed by atoms with van der Waals surface area (Å²) in [6.45, 7) is 5.93. The first-order chi connectivity index (χ1) is 10.4. The zero-order valence-corrected chi connectivity index (χ0v) is 13.7. The SMILES string of the molecule is COC(=O)[C@H](C)N[C@@H](CC(C)C)C(=O)OCc1ccccc1. The molecule has 0 heterocycles. The molecule has 0 radical (unpaired) electrons. The van der Waals surface area contributed by atoms with Gasteiger partial charge in [0.1, 0.15) is 18.7 Å². The van der Waals surface area contributed by atoms with Crippen molar-refractivity contribution in [3.05, 3.63) is 35.9 Å². The zero-order valence-electron chi connectivity index (χ0n) is 13.7. The van der Waals surface area contributed by atoms with Crippen molar-refractivity contribution in [3.63, 3.8) is 0 Å². The van der Waals surface area contributed by atoms with E-state index in [2.05, 4.69) is 10.1 Å². The predicted octanol–water partition coefficient (Wildman–Crippen LogP) is 2.30. The van der Waals surface area contributed by atoms with Crippen molar-refractivity contribution in [2.45, 2.75) is 45.9 Å². The molecule has 0 spiro atoms. The van der Waals surface area contributed by atoms with Gasteiger partial charge in [0.05, 0.1) is 7.11 Å². The number of nitrogens with one attached hydrogen (secondary N) is 1. The fraction of sp³-hybridized carbons (Fsp3) is 0.529. The van der Waals surface area contributed by atoms with Crippen molar-refractivity contribution >= 4 is 11.9 Å². The summed E-state index contributed by atoms with van der Waals surface area (Å²) in [7, 11) is 1.33. The topological polar surface area (TPSA) is 64.6 Å². The van der Waals surface area contributed by atoms with E-state index < -0.39 is 18.1 Å². The van der Waals surface area contributed by atoms with Gasteiger partial charge in [0.2, 0.25) is 0 Å². The zero-order chi connectivity index (χ0) is 16.5. The minimum absolute atomic E-state index is 0.225. The van der Waals surface area contributed by atoms with Crippen LogP contribution in [-0.2, 0) is 25.7 Å². The second-order valence-electron chi connectivity index (χ2n) is 5.69. The van der Waals surface area contributed by atoms with Gasteiger partial charge in [-0.05, 0) is 24.8 Å². The van der Waals surface area contributed by atoms with E-state index in [0.29, 0.717) is 12.3 Å². The molecular weight excluding hydrogens is 282 g/mol. The summed E-state index contributed by atoms with van der Waals surface area (Å²) in [6.07, 6.45) is 0.592. The van der Waals surface area contributed by atoms with Crippen molar-refractivity contribution in [1.82, 2.24) is 5.32 Å². The molecule has 1 N–H and O–H groups in total. The molecule has 5 nitrogen and oxygen atoms in total. The van der Waals surface area contributed by atoms with Crippen LogP contribution in [0.4, 0.5) is 0 Å². The van der Waals surface area contributed by atoms with Gasteiger partial charge in [0.15, 0.2) is 0 Å². The molecule has 0 fully saturated rings. The molecule has 0 amide bonds. The molecule has 0 aliphatic rings. The Kier molecular flexibility index (Phi) is 7.60. The number of carbonyl (C=O) groups is 2. The highest BCUT2D eigenvalue weighted by Gasteiger charge is 2.26. The van der Waals surface area contributed by atoms with Gasteiger partial charge in [-0.2, -0.15) is 0 Å². The summed E-state index contributed by atoms with van der Waals surface area (Å²) >= 11 is 0. The van der Waals surface area contributed by atoms with Crippen LogP contribution in [-0.4, -0.2) is 31.1 Å². The third-order valence-corrected chi connectivity index (χ3v) is 3.22. The van der Waals surface area contributed by atoms with Gasteiger partial charge in [-0.15, -0.1) is 0 Å². The normalized spacial score (nSPS) is 13.5. The third-order valence-electron chi connectivity index (χ3n) is 3.22. The lowest BCUT2D eigenvalue weighted by Crippen LogP contribution is -2.47. The summed E-state index contributed by atoms with van der Waals surface area (Å²) in [5.41, 5.74) is 0.931. The van der Waals surface area contributed by atoms with Crippen molar-refractivity contribution in [3.8, 4) is 0 Å². The van der Waals surface area contributed by atoms with E-state index >= 15 is 0 Å². The molecule has 2 atom stereocenters.